The van der Waals surface area contributed by atoms with E-state index in [9.17, 15) is 19.5 Å². The molecule has 12 nitrogen and oxygen atoms in total. The lowest BCUT2D eigenvalue weighted by atomic mass is 9.93. The molecule has 4 aromatic rings. The summed E-state index contributed by atoms with van der Waals surface area (Å²) in [6, 6.07) is 20.4. The third-order valence-corrected chi connectivity index (χ3v) is 8.67. The summed E-state index contributed by atoms with van der Waals surface area (Å²) in [7, 11) is 1.58. The number of carbonyl (C=O) groups is 3. The Hall–Kier alpha value is -4.85. The molecule has 0 saturated carbocycles. The number of nitrogens with one attached hydrogen (secondary N) is 3. The molecule has 0 bridgehead atoms. The summed E-state index contributed by atoms with van der Waals surface area (Å²) in [6.45, 7) is 3.97. The summed E-state index contributed by atoms with van der Waals surface area (Å²) in [6.07, 6.45) is 1.55. The Morgan fingerprint density at radius 2 is 1.44 bits per heavy atom. The number of ether oxygens (including phenoxy) is 3. The molecule has 2 heterocycles. The molecule has 2 aromatic heterocycles. The zero-order valence-electron chi connectivity index (χ0n) is 28.5. The maximum atomic E-state index is 13.7. The maximum absolute atomic E-state index is 13.7. The summed E-state index contributed by atoms with van der Waals surface area (Å²) in [5.74, 6) is -0.705. The van der Waals surface area contributed by atoms with Gasteiger partial charge in [0.05, 0.1) is 24.4 Å². The van der Waals surface area contributed by atoms with E-state index in [1.165, 1.54) is 11.3 Å². The van der Waals surface area contributed by atoms with Gasteiger partial charge in [0.25, 0.3) is 0 Å². The van der Waals surface area contributed by atoms with Gasteiger partial charge in [0.15, 0.2) is 0 Å². The number of hydrogen-bond donors (Lipinski definition) is 4. The molecule has 4 rings (SSSR count). The minimum Gasteiger partial charge on any atom is -0.445 e. The number of rotatable bonds is 18. The minimum absolute atomic E-state index is 0.0190. The molecule has 0 saturated heterocycles. The van der Waals surface area contributed by atoms with Crippen LogP contribution < -0.4 is 16.0 Å². The van der Waals surface area contributed by atoms with Gasteiger partial charge in [-0.05, 0) is 42.4 Å². The number of thiazole rings is 1. The van der Waals surface area contributed by atoms with Crippen molar-refractivity contribution < 1.29 is 33.7 Å². The van der Waals surface area contributed by atoms with Crippen molar-refractivity contribution in [3.63, 3.8) is 0 Å². The van der Waals surface area contributed by atoms with Gasteiger partial charge in [0.2, 0.25) is 5.91 Å². The third-order valence-electron chi connectivity index (χ3n) is 7.80. The Bertz CT molecular complexity index is 1610. The first-order valence-corrected chi connectivity index (χ1v) is 17.3. The average Bonchev–Trinajstić information content (AvgIpc) is 3.57. The molecule has 4 atom stereocenters. The molecule has 13 heteroatoms. The number of aliphatic hydroxyl groups excluding tert-OH is 1. The normalized spacial score (nSPS) is 13.5. The predicted molar refractivity (Wildman–Crippen MR) is 189 cm³/mol. The highest BCUT2D eigenvalue weighted by Crippen LogP contribution is 2.16. The highest BCUT2D eigenvalue weighted by atomic mass is 32.1. The predicted octanol–water partition coefficient (Wildman–Crippen LogP) is 4.95. The zero-order chi connectivity index (χ0) is 35.7. The summed E-state index contributed by atoms with van der Waals surface area (Å²) in [5, 5.41) is 22.8. The SMILES string of the molecule is COCc1nc(COC(=O)N[C@H](C(=O)N[C@@H](Cc2ccccc2)C[C@H](O)[C@H](Cc2ccccc2)NC(=O)OCc2cccnc2)C(C)C)cs1. The van der Waals surface area contributed by atoms with E-state index in [4.69, 9.17) is 14.2 Å². The van der Waals surface area contributed by atoms with Gasteiger partial charge in [0, 0.05) is 36.5 Å². The second kappa shape index (κ2) is 20.0. The van der Waals surface area contributed by atoms with E-state index >= 15 is 0 Å². The highest BCUT2D eigenvalue weighted by Gasteiger charge is 2.30. The Balaban J connectivity index is 1.44. The number of aliphatic hydroxyl groups is 1. The van der Waals surface area contributed by atoms with Crippen LogP contribution in [-0.4, -0.2) is 64.5 Å². The fourth-order valence-corrected chi connectivity index (χ4v) is 6.01. The van der Waals surface area contributed by atoms with Crippen LogP contribution in [0.15, 0.2) is 90.6 Å². The molecule has 2 aromatic carbocycles. The summed E-state index contributed by atoms with van der Waals surface area (Å²) in [5.41, 5.74) is 3.16. The number of nitrogens with zero attached hydrogens (tertiary/aromatic N) is 2. The molecule has 3 amide bonds. The van der Waals surface area contributed by atoms with Crippen molar-refractivity contribution in [2.24, 2.45) is 5.92 Å². The van der Waals surface area contributed by atoms with Crippen LogP contribution in [0.4, 0.5) is 9.59 Å². The number of hydrogen-bond acceptors (Lipinski definition) is 10. The molecule has 266 valence electrons. The molecule has 0 radical (unpaired) electrons. The standard InChI is InChI=1S/C37H45N5O7S/c1-25(2)34(42-37(46)49-22-30-24-50-33(39-30)23-47-3)35(44)40-29(17-26-11-6-4-7-12-26)19-32(43)31(18-27-13-8-5-9-14-27)41-36(45)48-21-28-15-10-16-38-20-28/h4-16,20,24-25,29,31-32,34,43H,17-19,21-23H2,1-3H3,(H,40,44)(H,41,45)(H,42,46)/t29-,31-,32-,34-/m0/s1. The average molecular weight is 704 g/mol. The molecular weight excluding hydrogens is 659 g/mol. The van der Waals surface area contributed by atoms with Gasteiger partial charge in [-0.1, -0.05) is 80.6 Å². The number of carbonyl (C=O) groups excluding carboxylic acids is 3. The summed E-state index contributed by atoms with van der Waals surface area (Å²) >= 11 is 1.40. The number of pyridine rings is 1. The first kappa shape index (κ1) is 38.0. The second-order valence-electron chi connectivity index (χ2n) is 12.2. The highest BCUT2D eigenvalue weighted by molar-refractivity contribution is 7.09. The van der Waals surface area contributed by atoms with Gasteiger partial charge >= 0.3 is 12.2 Å². The van der Waals surface area contributed by atoms with E-state index in [-0.39, 0.29) is 25.6 Å². The van der Waals surface area contributed by atoms with Gasteiger partial charge in [-0.3, -0.25) is 9.78 Å². The molecule has 0 aliphatic rings. The van der Waals surface area contributed by atoms with E-state index < -0.39 is 42.3 Å². The molecule has 50 heavy (non-hydrogen) atoms. The van der Waals surface area contributed by atoms with Crippen molar-refractivity contribution in [3.8, 4) is 0 Å². The van der Waals surface area contributed by atoms with Crippen molar-refractivity contribution in [3.05, 3.63) is 118 Å². The van der Waals surface area contributed by atoms with Crippen molar-refractivity contribution in [1.29, 1.82) is 0 Å². The topological polar surface area (TPSA) is 161 Å². The van der Waals surface area contributed by atoms with E-state index in [0.29, 0.717) is 25.1 Å². The zero-order valence-corrected chi connectivity index (χ0v) is 29.3. The lowest BCUT2D eigenvalue weighted by Crippen LogP contribution is -2.54. The first-order valence-electron chi connectivity index (χ1n) is 16.4. The lowest BCUT2D eigenvalue weighted by Gasteiger charge is -2.30. The van der Waals surface area contributed by atoms with E-state index in [2.05, 4.69) is 25.9 Å². The van der Waals surface area contributed by atoms with Crippen molar-refractivity contribution in [2.75, 3.05) is 7.11 Å². The molecule has 0 aliphatic carbocycles. The van der Waals surface area contributed by atoms with Gasteiger partial charge in [0.1, 0.15) is 24.3 Å². The molecule has 0 spiro atoms. The van der Waals surface area contributed by atoms with Gasteiger partial charge < -0.3 is 35.3 Å². The van der Waals surface area contributed by atoms with Crippen LogP contribution in [0.2, 0.25) is 0 Å². The Morgan fingerprint density at radius 1 is 0.800 bits per heavy atom. The van der Waals surface area contributed by atoms with Gasteiger partial charge in [-0.15, -0.1) is 11.3 Å². The van der Waals surface area contributed by atoms with Crippen LogP contribution in [0.25, 0.3) is 0 Å². The van der Waals surface area contributed by atoms with Crippen molar-refractivity contribution in [2.45, 2.75) is 77.2 Å². The molecular formula is C37H45N5O7S. The second-order valence-corrected chi connectivity index (χ2v) is 13.1. The number of aromatic nitrogens is 2. The maximum Gasteiger partial charge on any atom is 0.408 e. The summed E-state index contributed by atoms with van der Waals surface area (Å²) in [4.78, 5) is 47.8. The Labute approximate surface area is 296 Å². The van der Waals surface area contributed by atoms with Gasteiger partial charge in [-0.25, -0.2) is 14.6 Å². The Kier molecular flexibility index (Phi) is 15.2. The third kappa shape index (κ3) is 12.9. The first-order chi connectivity index (χ1) is 24.2. The fraction of sp³-hybridized carbons (Fsp3) is 0.378. The van der Waals surface area contributed by atoms with Crippen LogP contribution in [0.1, 0.15) is 47.7 Å². The number of alkyl carbamates (subject to hydrolysis) is 2. The Morgan fingerprint density at radius 3 is 2.08 bits per heavy atom. The van der Waals surface area contributed by atoms with Crippen molar-refractivity contribution in [1.82, 2.24) is 25.9 Å². The largest absolute Gasteiger partial charge is 0.445 e. The van der Waals surface area contributed by atoms with E-state index in [1.54, 1.807) is 37.0 Å². The van der Waals surface area contributed by atoms with Crippen LogP contribution in [0.5, 0.6) is 0 Å². The number of amides is 3. The molecule has 0 aliphatic heterocycles. The van der Waals surface area contributed by atoms with Crippen molar-refractivity contribution >= 4 is 29.4 Å². The summed E-state index contributed by atoms with van der Waals surface area (Å²) < 4.78 is 15.9. The minimum atomic E-state index is -1.08. The monoisotopic (exact) mass is 703 g/mol. The van der Waals surface area contributed by atoms with E-state index in [0.717, 1.165) is 21.7 Å². The fourth-order valence-electron chi connectivity index (χ4n) is 5.26. The number of methoxy groups -OCH3 is 1. The van der Waals surface area contributed by atoms with Crippen LogP contribution in [0.3, 0.4) is 0 Å². The van der Waals surface area contributed by atoms with Gasteiger partial charge in [-0.2, -0.15) is 0 Å². The molecule has 4 N–H and O–H groups in total. The van der Waals surface area contributed by atoms with Crippen LogP contribution >= 0.6 is 11.3 Å². The molecule has 0 fully saturated rings. The quantitative estimate of drug-likeness (QED) is 0.112. The van der Waals surface area contributed by atoms with Crippen LogP contribution in [0, 0.1) is 5.92 Å². The molecule has 0 unspecified atom stereocenters. The number of benzene rings is 2. The van der Waals surface area contributed by atoms with E-state index in [1.807, 2.05) is 74.5 Å². The lowest BCUT2D eigenvalue weighted by molar-refractivity contribution is -0.125. The van der Waals surface area contributed by atoms with Crippen LogP contribution in [-0.2, 0) is 51.7 Å². The smallest absolute Gasteiger partial charge is 0.408 e.